The predicted molar refractivity (Wildman–Crippen MR) is 84.5 cm³/mol. The molecule has 3 heterocycles. The number of aryl methyl sites for hydroxylation is 2. The van der Waals surface area contributed by atoms with Crippen molar-refractivity contribution in [3.8, 4) is 0 Å². The lowest BCUT2D eigenvalue weighted by Crippen LogP contribution is -2.34. The molecular weight excluding hydrogens is 276 g/mol. The van der Waals surface area contributed by atoms with Crippen molar-refractivity contribution in [3.05, 3.63) is 17.7 Å². The number of fused-ring (bicyclic) bond motifs is 1. The van der Waals surface area contributed by atoms with Crippen molar-refractivity contribution in [3.63, 3.8) is 0 Å². The van der Waals surface area contributed by atoms with Gasteiger partial charge in [0.1, 0.15) is 5.82 Å². The third-order valence-electron chi connectivity index (χ3n) is 5.74. The molecule has 3 aliphatic rings. The number of hydrogen-bond donors (Lipinski definition) is 2. The second-order valence-electron chi connectivity index (χ2n) is 7.21. The number of amides is 1. The summed E-state index contributed by atoms with van der Waals surface area (Å²) in [5.74, 6) is 1.76. The van der Waals surface area contributed by atoms with Gasteiger partial charge in [-0.05, 0) is 50.6 Å². The molecule has 22 heavy (non-hydrogen) atoms. The average molecular weight is 302 g/mol. The van der Waals surface area contributed by atoms with E-state index in [1.807, 2.05) is 0 Å². The summed E-state index contributed by atoms with van der Waals surface area (Å²) in [6.07, 6.45) is 10.1. The summed E-state index contributed by atoms with van der Waals surface area (Å²) < 4.78 is 2.28. The molecule has 2 N–H and O–H groups in total. The van der Waals surface area contributed by atoms with E-state index in [1.54, 1.807) is 0 Å². The fourth-order valence-electron chi connectivity index (χ4n) is 4.22. The number of carbonyl (C=O) groups is 1. The lowest BCUT2D eigenvalue weighted by atomic mass is 9.92. The van der Waals surface area contributed by atoms with Gasteiger partial charge in [0.15, 0.2) is 0 Å². The molecule has 0 aromatic carbocycles. The molecule has 0 radical (unpaired) electrons. The van der Waals surface area contributed by atoms with Crippen molar-refractivity contribution in [2.24, 2.45) is 11.3 Å². The largest absolute Gasteiger partial charge is 0.355 e. The van der Waals surface area contributed by atoms with E-state index in [0.717, 1.165) is 51.1 Å². The van der Waals surface area contributed by atoms with Crippen LogP contribution < -0.4 is 10.6 Å². The highest BCUT2D eigenvalue weighted by molar-refractivity contribution is 5.82. The van der Waals surface area contributed by atoms with Gasteiger partial charge in [0, 0.05) is 38.0 Å². The highest BCUT2D eigenvalue weighted by atomic mass is 16.2. The van der Waals surface area contributed by atoms with E-state index in [1.165, 1.54) is 31.5 Å². The van der Waals surface area contributed by atoms with Gasteiger partial charge in [0.25, 0.3) is 0 Å². The van der Waals surface area contributed by atoms with E-state index in [0.29, 0.717) is 5.41 Å². The smallest absolute Gasteiger partial charge is 0.223 e. The molecule has 1 aromatic heterocycles. The third kappa shape index (κ3) is 2.67. The van der Waals surface area contributed by atoms with E-state index in [-0.39, 0.29) is 11.8 Å². The summed E-state index contributed by atoms with van der Waals surface area (Å²) in [5.41, 5.74) is 1.47. The Morgan fingerprint density at radius 1 is 1.41 bits per heavy atom. The van der Waals surface area contributed by atoms with Gasteiger partial charge in [-0.25, -0.2) is 4.98 Å². The monoisotopic (exact) mass is 302 g/mol. The number of nitrogens with one attached hydrogen (secondary N) is 2. The maximum absolute atomic E-state index is 12.3. The summed E-state index contributed by atoms with van der Waals surface area (Å²) >= 11 is 0. The Kier molecular flexibility index (Phi) is 3.68. The number of carbonyl (C=O) groups excluding carboxylic acids is 1. The molecule has 1 unspecified atom stereocenters. The minimum atomic E-state index is 0.268. The average Bonchev–Trinajstić information content (AvgIpc) is 3.06. The first-order valence-corrected chi connectivity index (χ1v) is 8.80. The first kappa shape index (κ1) is 14.2. The SMILES string of the molecule is O=C(NCCc1cn2c(n1)CCCC2)C1CC12CCNCC2. The molecule has 1 saturated carbocycles. The van der Waals surface area contributed by atoms with E-state index in [2.05, 4.69) is 21.4 Å². The highest BCUT2D eigenvalue weighted by Gasteiger charge is 2.57. The second kappa shape index (κ2) is 5.69. The first-order valence-electron chi connectivity index (χ1n) is 8.80. The summed E-state index contributed by atoms with van der Waals surface area (Å²) in [7, 11) is 0. The molecule has 120 valence electrons. The van der Waals surface area contributed by atoms with Crippen LogP contribution in [0.25, 0.3) is 0 Å². The van der Waals surface area contributed by atoms with Crippen LogP contribution in [0.4, 0.5) is 0 Å². The third-order valence-corrected chi connectivity index (χ3v) is 5.74. The summed E-state index contributed by atoms with van der Waals surface area (Å²) in [6.45, 7) is 3.97. The van der Waals surface area contributed by atoms with Crippen molar-refractivity contribution in [1.29, 1.82) is 0 Å². The van der Waals surface area contributed by atoms with Crippen LogP contribution in [0.2, 0.25) is 0 Å². The quantitative estimate of drug-likeness (QED) is 0.880. The Morgan fingerprint density at radius 2 is 2.27 bits per heavy atom. The normalized spacial score (nSPS) is 25.7. The van der Waals surface area contributed by atoms with Crippen LogP contribution >= 0.6 is 0 Å². The van der Waals surface area contributed by atoms with Crippen LogP contribution in [0.15, 0.2) is 6.20 Å². The standard InChI is InChI=1S/C17H26N4O/c22-16(14-11-17(14)5-8-18-9-6-17)19-7-4-13-12-21-10-2-1-3-15(21)20-13/h12,14,18H,1-11H2,(H,19,22). The molecule has 1 spiro atoms. The molecule has 5 heteroatoms. The Balaban J connectivity index is 1.25. The Bertz CT molecular complexity index is 536. The second-order valence-corrected chi connectivity index (χ2v) is 7.21. The summed E-state index contributed by atoms with van der Waals surface area (Å²) in [4.78, 5) is 17.0. The van der Waals surface area contributed by atoms with Crippen LogP contribution in [-0.4, -0.2) is 35.1 Å². The lowest BCUT2D eigenvalue weighted by molar-refractivity contribution is -0.123. The van der Waals surface area contributed by atoms with Gasteiger partial charge < -0.3 is 15.2 Å². The molecule has 2 fully saturated rings. The molecule has 5 nitrogen and oxygen atoms in total. The fraction of sp³-hybridized carbons (Fsp3) is 0.765. The number of piperidine rings is 1. The van der Waals surface area contributed by atoms with Gasteiger partial charge in [0.05, 0.1) is 5.69 Å². The molecule has 2 aliphatic heterocycles. The number of nitrogens with zero attached hydrogens (tertiary/aromatic N) is 2. The molecular formula is C17H26N4O. The van der Waals surface area contributed by atoms with Gasteiger partial charge in [-0.3, -0.25) is 4.79 Å². The molecule has 4 rings (SSSR count). The Labute approximate surface area is 131 Å². The van der Waals surface area contributed by atoms with Crippen molar-refractivity contribution < 1.29 is 4.79 Å². The fourth-order valence-corrected chi connectivity index (χ4v) is 4.22. The first-order chi connectivity index (χ1) is 10.8. The van der Waals surface area contributed by atoms with Crippen molar-refractivity contribution in [1.82, 2.24) is 20.2 Å². The van der Waals surface area contributed by atoms with Crippen molar-refractivity contribution >= 4 is 5.91 Å². The zero-order valence-corrected chi connectivity index (χ0v) is 13.2. The molecule has 1 saturated heterocycles. The molecule has 1 atom stereocenters. The molecule has 0 bridgehead atoms. The number of rotatable bonds is 4. The zero-order valence-electron chi connectivity index (χ0n) is 13.2. The van der Waals surface area contributed by atoms with Crippen LogP contribution in [0.1, 0.15) is 43.6 Å². The van der Waals surface area contributed by atoms with Crippen LogP contribution in [0, 0.1) is 11.3 Å². The predicted octanol–water partition coefficient (Wildman–Crippen LogP) is 1.27. The van der Waals surface area contributed by atoms with E-state index in [4.69, 9.17) is 4.98 Å². The van der Waals surface area contributed by atoms with Gasteiger partial charge in [-0.15, -0.1) is 0 Å². The maximum Gasteiger partial charge on any atom is 0.223 e. The molecule has 1 aromatic rings. The van der Waals surface area contributed by atoms with Crippen LogP contribution in [-0.2, 0) is 24.2 Å². The maximum atomic E-state index is 12.3. The van der Waals surface area contributed by atoms with Gasteiger partial charge in [0.2, 0.25) is 5.91 Å². The van der Waals surface area contributed by atoms with Crippen molar-refractivity contribution in [2.45, 2.75) is 51.5 Å². The summed E-state index contributed by atoms with van der Waals surface area (Å²) in [6, 6.07) is 0. The topological polar surface area (TPSA) is 59.0 Å². The minimum Gasteiger partial charge on any atom is -0.355 e. The molecule has 1 aliphatic carbocycles. The van der Waals surface area contributed by atoms with E-state index < -0.39 is 0 Å². The van der Waals surface area contributed by atoms with Crippen LogP contribution in [0.5, 0.6) is 0 Å². The van der Waals surface area contributed by atoms with Gasteiger partial charge in [-0.1, -0.05) is 0 Å². The number of aromatic nitrogens is 2. The summed E-state index contributed by atoms with van der Waals surface area (Å²) in [5, 5.41) is 6.52. The Hall–Kier alpha value is -1.36. The number of imidazole rings is 1. The van der Waals surface area contributed by atoms with Crippen LogP contribution in [0.3, 0.4) is 0 Å². The zero-order chi connectivity index (χ0) is 15.0. The highest BCUT2D eigenvalue weighted by Crippen LogP contribution is 2.58. The Morgan fingerprint density at radius 3 is 3.09 bits per heavy atom. The van der Waals surface area contributed by atoms with E-state index >= 15 is 0 Å². The van der Waals surface area contributed by atoms with E-state index in [9.17, 15) is 4.79 Å². The minimum absolute atomic E-state index is 0.268. The van der Waals surface area contributed by atoms with Gasteiger partial charge in [-0.2, -0.15) is 0 Å². The van der Waals surface area contributed by atoms with Gasteiger partial charge >= 0.3 is 0 Å². The van der Waals surface area contributed by atoms with Crippen molar-refractivity contribution in [2.75, 3.05) is 19.6 Å². The number of hydrogen-bond acceptors (Lipinski definition) is 3. The molecule has 1 amide bonds. The lowest BCUT2D eigenvalue weighted by Gasteiger charge is -2.23.